The van der Waals surface area contributed by atoms with Crippen LogP contribution in [0.15, 0.2) is 27.1 Å². The predicted molar refractivity (Wildman–Crippen MR) is 79.7 cm³/mol. The Bertz CT molecular complexity index is 434. The van der Waals surface area contributed by atoms with Crippen LogP contribution in [0.3, 0.4) is 0 Å². The van der Waals surface area contributed by atoms with Crippen molar-refractivity contribution in [2.24, 2.45) is 5.92 Å². The summed E-state index contributed by atoms with van der Waals surface area (Å²) in [5, 5.41) is 3.62. The predicted octanol–water partition coefficient (Wildman–Crippen LogP) is 4.04. The van der Waals surface area contributed by atoms with E-state index in [2.05, 4.69) is 55.4 Å². The molecule has 0 radical (unpaired) electrons. The molecule has 1 aliphatic heterocycles. The minimum Gasteiger partial charge on any atom is -0.373 e. The lowest BCUT2D eigenvalue weighted by molar-refractivity contribution is 0.0904. The van der Waals surface area contributed by atoms with E-state index in [4.69, 9.17) is 4.74 Å². The van der Waals surface area contributed by atoms with Crippen LogP contribution in [-0.4, -0.2) is 19.2 Å². The van der Waals surface area contributed by atoms with Gasteiger partial charge in [-0.3, -0.25) is 0 Å². The van der Waals surface area contributed by atoms with E-state index in [0.717, 1.165) is 34.6 Å². The molecule has 1 aromatic rings. The van der Waals surface area contributed by atoms with Gasteiger partial charge in [-0.05, 0) is 68.8 Å². The second kappa shape index (κ2) is 5.61. The van der Waals surface area contributed by atoms with Gasteiger partial charge in [-0.2, -0.15) is 0 Å². The molecule has 1 N–H and O–H groups in total. The van der Waals surface area contributed by atoms with E-state index in [1.54, 1.807) is 0 Å². The van der Waals surface area contributed by atoms with Crippen LogP contribution in [-0.2, 0) is 4.74 Å². The highest BCUT2D eigenvalue weighted by molar-refractivity contribution is 9.13. The first-order valence-corrected chi connectivity index (χ1v) is 8.12. The van der Waals surface area contributed by atoms with Crippen molar-refractivity contribution < 1.29 is 4.74 Å². The summed E-state index contributed by atoms with van der Waals surface area (Å²) in [6.07, 6.45) is 4.11. The Labute approximate surface area is 125 Å². The first-order valence-electron chi connectivity index (χ1n) is 6.54. The summed E-state index contributed by atoms with van der Waals surface area (Å²) < 4.78 is 8.12. The first-order chi connectivity index (χ1) is 8.74. The molecule has 2 nitrogen and oxygen atoms in total. The van der Waals surface area contributed by atoms with E-state index in [-0.39, 0.29) is 6.10 Å². The van der Waals surface area contributed by atoms with Crippen LogP contribution in [0, 0.1) is 5.92 Å². The molecule has 18 heavy (non-hydrogen) atoms. The molecule has 3 rings (SSSR count). The number of rotatable bonds is 4. The number of hydrogen-bond acceptors (Lipinski definition) is 2. The van der Waals surface area contributed by atoms with Crippen molar-refractivity contribution in [3.63, 3.8) is 0 Å². The van der Waals surface area contributed by atoms with Crippen molar-refractivity contribution >= 4 is 31.9 Å². The maximum Gasteiger partial charge on any atom is 0.0866 e. The van der Waals surface area contributed by atoms with Crippen molar-refractivity contribution in [1.82, 2.24) is 5.32 Å². The highest BCUT2D eigenvalue weighted by atomic mass is 79.9. The van der Waals surface area contributed by atoms with Crippen LogP contribution in [0.5, 0.6) is 0 Å². The highest BCUT2D eigenvalue weighted by Gasteiger charge is 2.31. The monoisotopic (exact) mass is 373 g/mol. The third kappa shape index (κ3) is 2.98. The van der Waals surface area contributed by atoms with Gasteiger partial charge in [0.25, 0.3) is 0 Å². The summed E-state index contributed by atoms with van der Waals surface area (Å²) in [4.78, 5) is 0. The summed E-state index contributed by atoms with van der Waals surface area (Å²) >= 11 is 7.08. The van der Waals surface area contributed by atoms with Crippen molar-refractivity contribution in [3.8, 4) is 0 Å². The SMILES string of the molecule is Brc1ccc(C2OCCC2CNC2CC2)cc1Br. The summed E-state index contributed by atoms with van der Waals surface area (Å²) in [6, 6.07) is 7.20. The van der Waals surface area contributed by atoms with E-state index in [1.165, 1.54) is 18.4 Å². The summed E-state index contributed by atoms with van der Waals surface area (Å²) in [6.45, 7) is 1.97. The van der Waals surface area contributed by atoms with Crippen LogP contribution in [0.4, 0.5) is 0 Å². The molecular formula is C14H17Br2NO. The van der Waals surface area contributed by atoms with E-state index in [1.807, 2.05) is 0 Å². The lowest BCUT2D eigenvalue weighted by Crippen LogP contribution is -2.26. The first kappa shape index (κ1) is 13.1. The van der Waals surface area contributed by atoms with Gasteiger partial charge in [0, 0.05) is 34.1 Å². The van der Waals surface area contributed by atoms with Crippen molar-refractivity contribution in [2.75, 3.05) is 13.2 Å². The molecule has 2 atom stereocenters. The van der Waals surface area contributed by atoms with Crippen LogP contribution in [0.2, 0.25) is 0 Å². The zero-order valence-corrected chi connectivity index (χ0v) is 13.3. The molecule has 1 saturated carbocycles. The summed E-state index contributed by atoms with van der Waals surface area (Å²) in [5.74, 6) is 0.610. The standard InChI is InChI=1S/C14H17Br2NO/c15-12-4-1-9(7-13(12)16)14-10(5-6-18-14)8-17-11-2-3-11/h1,4,7,10-11,14,17H,2-3,5-6,8H2. The Balaban J connectivity index is 1.70. The van der Waals surface area contributed by atoms with Crippen LogP contribution in [0.25, 0.3) is 0 Å². The Morgan fingerprint density at radius 3 is 2.72 bits per heavy atom. The molecule has 98 valence electrons. The quantitative estimate of drug-likeness (QED) is 0.858. The molecule has 2 unspecified atom stereocenters. The third-order valence-electron chi connectivity index (χ3n) is 3.73. The average Bonchev–Trinajstić information content (AvgIpc) is 3.08. The van der Waals surface area contributed by atoms with Crippen molar-refractivity contribution in [3.05, 3.63) is 32.7 Å². The minimum absolute atomic E-state index is 0.251. The van der Waals surface area contributed by atoms with Crippen molar-refractivity contribution in [1.29, 1.82) is 0 Å². The van der Waals surface area contributed by atoms with E-state index in [0.29, 0.717) is 5.92 Å². The van der Waals surface area contributed by atoms with Gasteiger partial charge >= 0.3 is 0 Å². The van der Waals surface area contributed by atoms with Gasteiger partial charge in [-0.25, -0.2) is 0 Å². The molecule has 1 aromatic carbocycles. The number of halogens is 2. The Kier molecular flexibility index (Phi) is 4.09. The number of nitrogens with one attached hydrogen (secondary N) is 1. The van der Waals surface area contributed by atoms with Crippen LogP contribution < -0.4 is 5.32 Å². The Morgan fingerprint density at radius 1 is 1.17 bits per heavy atom. The molecule has 1 aliphatic carbocycles. The van der Waals surface area contributed by atoms with Gasteiger partial charge in [0.05, 0.1) is 6.10 Å². The largest absolute Gasteiger partial charge is 0.373 e. The lowest BCUT2D eigenvalue weighted by atomic mass is 9.95. The number of hydrogen-bond donors (Lipinski definition) is 1. The fourth-order valence-corrected chi connectivity index (χ4v) is 3.15. The minimum atomic E-state index is 0.251. The molecule has 0 bridgehead atoms. The summed E-state index contributed by atoms with van der Waals surface area (Å²) in [5.41, 5.74) is 1.28. The molecule has 4 heteroatoms. The molecule has 2 fully saturated rings. The lowest BCUT2D eigenvalue weighted by Gasteiger charge is -2.20. The van der Waals surface area contributed by atoms with Gasteiger partial charge in [0.15, 0.2) is 0 Å². The number of ether oxygens (including phenoxy) is 1. The van der Waals surface area contributed by atoms with Gasteiger partial charge < -0.3 is 10.1 Å². The second-order valence-corrected chi connectivity index (χ2v) is 6.90. The van der Waals surface area contributed by atoms with Crippen LogP contribution in [0.1, 0.15) is 30.9 Å². The van der Waals surface area contributed by atoms with E-state index in [9.17, 15) is 0 Å². The van der Waals surface area contributed by atoms with Crippen molar-refractivity contribution in [2.45, 2.75) is 31.4 Å². The third-order valence-corrected chi connectivity index (χ3v) is 5.61. The molecule has 1 saturated heterocycles. The van der Waals surface area contributed by atoms with Gasteiger partial charge in [-0.1, -0.05) is 6.07 Å². The van der Waals surface area contributed by atoms with Gasteiger partial charge in [-0.15, -0.1) is 0 Å². The molecule has 0 aromatic heterocycles. The molecular weight excluding hydrogens is 358 g/mol. The second-order valence-electron chi connectivity index (χ2n) is 5.20. The topological polar surface area (TPSA) is 21.3 Å². The fourth-order valence-electron chi connectivity index (χ4n) is 2.51. The summed E-state index contributed by atoms with van der Waals surface area (Å²) in [7, 11) is 0. The van der Waals surface area contributed by atoms with E-state index >= 15 is 0 Å². The number of benzene rings is 1. The smallest absolute Gasteiger partial charge is 0.0866 e. The van der Waals surface area contributed by atoms with Gasteiger partial charge in [0.2, 0.25) is 0 Å². The Hall–Kier alpha value is 0.1000. The molecule has 0 spiro atoms. The zero-order valence-electron chi connectivity index (χ0n) is 10.2. The Morgan fingerprint density at radius 2 is 2.00 bits per heavy atom. The molecule has 0 amide bonds. The van der Waals surface area contributed by atoms with Gasteiger partial charge in [0.1, 0.15) is 0 Å². The van der Waals surface area contributed by atoms with Crippen LogP contribution >= 0.6 is 31.9 Å². The molecule has 2 aliphatic rings. The normalized spacial score (nSPS) is 27.7. The maximum atomic E-state index is 5.92. The zero-order chi connectivity index (χ0) is 12.5. The fraction of sp³-hybridized carbons (Fsp3) is 0.571. The maximum absolute atomic E-state index is 5.92. The molecule has 1 heterocycles. The highest BCUT2D eigenvalue weighted by Crippen LogP contribution is 2.37. The van der Waals surface area contributed by atoms with E-state index < -0.39 is 0 Å². The average molecular weight is 375 g/mol.